The van der Waals surface area contributed by atoms with Crippen molar-refractivity contribution in [2.24, 2.45) is 20.2 Å². The molecule has 1 unspecified atom stereocenters. The van der Waals surface area contributed by atoms with Crippen molar-refractivity contribution in [3.8, 4) is 0 Å². The zero-order valence-corrected chi connectivity index (χ0v) is 23.5. The van der Waals surface area contributed by atoms with Crippen molar-refractivity contribution in [2.45, 2.75) is 40.0 Å². The van der Waals surface area contributed by atoms with E-state index in [-0.39, 0.29) is 17.8 Å². The Labute approximate surface area is 225 Å². The summed E-state index contributed by atoms with van der Waals surface area (Å²) in [5.41, 5.74) is 9.07. The molecule has 11 heteroatoms. The van der Waals surface area contributed by atoms with Gasteiger partial charge in [-0.3, -0.25) is 0 Å². The van der Waals surface area contributed by atoms with Crippen LogP contribution in [0.1, 0.15) is 51.2 Å². The first-order chi connectivity index (χ1) is 17.7. The number of hydrogen-bond acceptors (Lipinski definition) is 3. The van der Waals surface area contributed by atoms with Crippen molar-refractivity contribution >= 4 is 39.4 Å². The van der Waals surface area contributed by atoms with Crippen LogP contribution >= 0.6 is 11.6 Å². The summed E-state index contributed by atoms with van der Waals surface area (Å²) in [4.78, 5) is 6.31. The molecule has 2 aromatic carbocycles. The summed E-state index contributed by atoms with van der Waals surface area (Å²) in [5.74, 6) is 0.129. The van der Waals surface area contributed by atoms with Gasteiger partial charge < -0.3 is 10.6 Å². The van der Waals surface area contributed by atoms with Gasteiger partial charge in [-0.05, 0) is 43.5 Å². The molecule has 0 amide bonds. The first kappa shape index (κ1) is 28.6. The number of hydrogen-bond donors (Lipinski definition) is 1. The van der Waals surface area contributed by atoms with E-state index in [1.54, 1.807) is 18.9 Å². The molecule has 1 aliphatic heterocycles. The zero-order valence-electron chi connectivity index (χ0n) is 21.9. The highest BCUT2D eigenvalue weighted by molar-refractivity contribution is 7.87. The summed E-state index contributed by atoms with van der Waals surface area (Å²) in [7, 11) is -4.00. The van der Waals surface area contributed by atoms with Gasteiger partial charge in [-0.25, -0.2) is 5.01 Å². The normalized spacial score (nSPS) is 17.2. The second-order valence-corrected chi connectivity index (χ2v) is 10.5. The van der Waals surface area contributed by atoms with Crippen LogP contribution in [0.25, 0.3) is 0 Å². The second-order valence-electron chi connectivity index (χ2n) is 8.46. The Morgan fingerprint density at radius 3 is 2.22 bits per heavy atom. The van der Waals surface area contributed by atoms with Crippen LogP contribution in [-0.4, -0.2) is 73.0 Å². The minimum absolute atomic E-state index is 0.00312. The highest BCUT2D eigenvalue weighted by Crippen LogP contribution is 2.30. The van der Waals surface area contributed by atoms with Gasteiger partial charge >= 0.3 is 10.2 Å². The van der Waals surface area contributed by atoms with Gasteiger partial charge in [-0.1, -0.05) is 67.9 Å². The molecule has 3 rings (SSSR count). The van der Waals surface area contributed by atoms with Crippen LogP contribution in [0.4, 0.5) is 0 Å². The Balaban J connectivity index is 2.17. The van der Waals surface area contributed by atoms with Gasteiger partial charge in [0.25, 0.3) is 5.96 Å². The van der Waals surface area contributed by atoms with Gasteiger partial charge in [0.2, 0.25) is 0 Å². The number of guanidine groups is 2. The lowest BCUT2D eigenvalue weighted by atomic mass is 9.86. The van der Waals surface area contributed by atoms with Gasteiger partial charge in [-0.15, -0.1) is 4.40 Å². The van der Waals surface area contributed by atoms with Crippen LogP contribution in [0.5, 0.6) is 0 Å². The molecule has 37 heavy (non-hydrogen) atoms. The molecule has 1 heterocycles. The molecular weight excluding hydrogens is 510 g/mol. The number of halogens is 1. The maximum Gasteiger partial charge on any atom is 0.325 e. The molecule has 0 aliphatic carbocycles. The van der Waals surface area contributed by atoms with Gasteiger partial charge in [0.1, 0.15) is 0 Å². The maximum atomic E-state index is 13.1. The summed E-state index contributed by atoms with van der Waals surface area (Å²) in [6.45, 7) is 9.69. The molecule has 2 N–H and O–H groups in total. The van der Waals surface area contributed by atoms with Crippen molar-refractivity contribution in [1.82, 2.24) is 14.2 Å². The highest BCUT2D eigenvalue weighted by atomic mass is 35.5. The third-order valence-corrected chi connectivity index (χ3v) is 8.11. The first-order valence-electron chi connectivity index (χ1n) is 12.6. The fraction of sp³-hybridized carbons (Fsp3) is 0.423. The smallest absolute Gasteiger partial charge is 0.325 e. The lowest BCUT2D eigenvalue weighted by molar-refractivity contribution is 0.396. The van der Waals surface area contributed by atoms with Gasteiger partial charge in [0.15, 0.2) is 5.96 Å². The summed E-state index contributed by atoms with van der Waals surface area (Å²) in [6, 6.07) is 17.6. The molecule has 200 valence electrons. The van der Waals surface area contributed by atoms with Crippen LogP contribution < -0.4 is 5.73 Å². The topological polar surface area (TPSA) is 107 Å². The van der Waals surface area contributed by atoms with Crippen molar-refractivity contribution in [1.29, 1.82) is 0 Å². The molecule has 0 fully saturated rings. The SMILES string of the molecule is CCN(CC)/C(N)=N/C(=N\S(=O)(=O)N(CC)CC)N1CCC(c2ccccc2)C(c2ccc(Cl)cc2)=N1. The third-order valence-electron chi connectivity index (χ3n) is 6.29. The number of nitrogens with zero attached hydrogens (tertiary/aromatic N) is 6. The minimum atomic E-state index is -4.00. The minimum Gasteiger partial charge on any atom is -0.369 e. The van der Waals surface area contributed by atoms with Crippen molar-refractivity contribution in [3.05, 3.63) is 70.7 Å². The Kier molecular flexibility index (Phi) is 10.1. The van der Waals surface area contributed by atoms with Crippen LogP contribution in [0.3, 0.4) is 0 Å². The van der Waals surface area contributed by atoms with E-state index in [4.69, 9.17) is 22.4 Å². The molecular formula is C26H36ClN7O2S. The fourth-order valence-corrected chi connectivity index (χ4v) is 5.46. The second kappa shape index (κ2) is 13.0. The Morgan fingerprint density at radius 1 is 1.03 bits per heavy atom. The zero-order chi connectivity index (χ0) is 27.0. The van der Waals surface area contributed by atoms with Crippen LogP contribution in [0.2, 0.25) is 5.02 Å². The van der Waals surface area contributed by atoms with Crippen LogP contribution in [0, 0.1) is 0 Å². The summed E-state index contributed by atoms with van der Waals surface area (Å²) < 4.78 is 31.7. The maximum absolute atomic E-state index is 13.1. The number of hydrazone groups is 1. The van der Waals surface area contributed by atoms with E-state index in [1.165, 1.54) is 4.31 Å². The molecule has 0 saturated carbocycles. The number of benzene rings is 2. The van der Waals surface area contributed by atoms with Crippen molar-refractivity contribution < 1.29 is 8.42 Å². The van der Waals surface area contributed by atoms with Gasteiger partial charge in [0, 0.05) is 43.7 Å². The monoisotopic (exact) mass is 545 g/mol. The van der Waals surface area contributed by atoms with Crippen molar-refractivity contribution in [2.75, 3.05) is 32.7 Å². The lowest BCUT2D eigenvalue weighted by Crippen LogP contribution is -2.41. The molecule has 0 radical (unpaired) electrons. The van der Waals surface area contributed by atoms with E-state index in [0.717, 1.165) is 16.8 Å². The third kappa shape index (κ3) is 7.09. The van der Waals surface area contributed by atoms with E-state index >= 15 is 0 Å². The standard InChI is InChI=1S/C26H36ClN7O2S/c1-5-32(6-2)25(28)29-26(31-37(35,36)33(7-3)8-4)34-19-18-23(20-12-10-9-11-13-20)24(30-34)21-14-16-22(27)17-15-21/h9-17,23H,5-8,18-19H2,1-4H3,(H2,28,29,31). The van der Waals surface area contributed by atoms with E-state index in [9.17, 15) is 8.42 Å². The molecule has 9 nitrogen and oxygen atoms in total. The summed E-state index contributed by atoms with van der Waals surface area (Å²) in [5, 5.41) is 7.08. The molecule has 0 aromatic heterocycles. The average Bonchev–Trinajstić information content (AvgIpc) is 2.90. The first-order valence-corrected chi connectivity index (χ1v) is 14.4. The number of rotatable bonds is 8. The molecule has 2 aromatic rings. The lowest BCUT2D eigenvalue weighted by Gasteiger charge is -2.31. The van der Waals surface area contributed by atoms with Crippen molar-refractivity contribution in [3.63, 3.8) is 0 Å². The van der Waals surface area contributed by atoms with Crippen LogP contribution in [0.15, 0.2) is 69.1 Å². The largest absolute Gasteiger partial charge is 0.369 e. The quantitative estimate of drug-likeness (QED) is 0.396. The Hall–Kier alpha value is -2.95. The number of aliphatic imine (C=N–C) groups is 1. The predicted octanol–water partition coefficient (Wildman–Crippen LogP) is 4.13. The van der Waals surface area contributed by atoms with E-state index in [0.29, 0.717) is 44.2 Å². The van der Waals surface area contributed by atoms with Gasteiger partial charge in [-0.2, -0.15) is 22.8 Å². The fourth-order valence-electron chi connectivity index (χ4n) is 4.23. The summed E-state index contributed by atoms with van der Waals surface area (Å²) in [6.07, 6.45) is 0.677. The molecule has 0 spiro atoms. The average molecular weight is 546 g/mol. The van der Waals surface area contributed by atoms with E-state index in [2.05, 4.69) is 21.5 Å². The number of nitrogens with two attached hydrogens (primary N) is 1. The highest BCUT2D eigenvalue weighted by Gasteiger charge is 2.30. The predicted molar refractivity (Wildman–Crippen MR) is 152 cm³/mol. The molecule has 0 saturated heterocycles. The molecule has 1 atom stereocenters. The van der Waals surface area contributed by atoms with Gasteiger partial charge in [0.05, 0.1) is 5.71 Å². The Bertz CT molecular complexity index is 1220. The summed E-state index contributed by atoms with van der Waals surface area (Å²) >= 11 is 6.15. The molecule has 0 bridgehead atoms. The molecule has 1 aliphatic rings. The Morgan fingerprint density at radius 2 is 1.65 bits per heavy atom. The van der Waals surface area contributed by atoms with Crippen LogP contribution in [-0.2, 0) is 10.2 Å². The van der Waals surface area contributed by atoms with E-state index in [1.807, 2.05) is 61.2 Å². The van der Waals surface area contributed by atoms with E-state index < -0.39 is 10.2 Å².